The molecule has 1 unspecified atom stereocenters. The first kappa shape index (κ1) is 17.4. The van der Waals surface area contributed by atoms with Crippen molar-refractivity contribution in [3.05, 3.63) is 64.7 Å². The van der Waals surface area contributed by atoms with E-state index in [0.29, 0.717) is 30.2 Å². The minimum atomic E-state index is -0.318. The molecule has 0 N–H and O–H groups in total. The number of halogens is 1. The third-order valence-corrected chi connectivity index (χ3v) is 5.34. The molecule has 3 aliphatic heterocycles. The maximum atomic E-state index is 13.1. The molecule has 5 nitrogen and oxygen atoms in total. The topological polar surface area (TPSA) is 48.0 Å². The molecular weight excluding hydrogens is 361 g/mol. The Morgan fingerprint density at radius 1 is 1.18 bits per heavy atom. The number of hydrogen-bond donors (Lipinski definition) is 0. The smallest absolute Gasteiger partial charge is 0.231 e. The second-order valence-corrected chi connectivity index (χ2v) is 7.33. The van der Waals surface area contributed by atoms with Crippen molar-refractivity contribution in [1.29, 1.82) is 0 Å². The number of benzene rings is 2. The normalized spacial score (nSPS) is 22.7. The van der Waals surface area contributed by atoms with Gasteiger partial charge in [0.05, 0.1) is 17.2 Å². The molecule has 1 atom stereocenters. The van der Waals surface area contributed by atoms with Crippen LogP contribution in [0.2, 0.25) is 0 Å². The van der Waals surface area contributed by atoms with Crippen molar-refractivity contribution in [2.75, 3.05) is 19.9 Å². The van der Waals surface area contributed by atoms with Gasteiger partial charge in [-0.25, -0.2) is 4.39 Å². The number of allylic oxidation sites excluding steroid dienone is 1. The second-order valence-electron chi connectivity index (χ2n) is 7.33. The molecule has 0 aromatic heterocycles. The zero-order chi connectivity index (χ0) is 19.1. The Morgan fingerprint density at radius 3 is 2.82 bits per heavy atom. The summed E-state index contributed by atoms with van der Waals surface area (Å²) in [5.74, 6) is 1.07. The minimum Gasteiger partial charge on any atom is -0.478 e. The van der Waals surface area contributed by atoms with E-state index in [1.165, 1.54) is 12.1 Å². The SMILES string of the molecule is O=C1/C(=C/c2ccc(F)cc2)Oc2c1ccc1c2CN(CC2CCCO2)CO1. The summed E-state index contributed by atoms with van der Waals surface area (Å²) in [5, 5.41) is 0. The summed E-state index contributed by atoms with van der Waals surface area (Å²) in [4.78, 5) is 14.9. The Labute approximate surface area is 162 Å². The minimum absolute atomic E-state index is 0.168. The van der Waals surface area contributed by atoms with E-state index in [9.17, 15) is 9.18 Å². The number of Topliss-reactive ketones (excluding diaryl/α,β-unsaturated/α-hetero) is 1. The molecule has 0 radical (unpaired) electrons. The first-order chi connectivity index (χ1) is 13.7. The molecule has 3 aliphatic rings. The average molecular weight is 381 g/mol. The molecule has 28 heavy (non-hydrogen) atoms. The Hall–Kier alpha value is -2.70. The summed E-state index contributed by atoms with van der Waals surface area (Å²) in [5.41, 5.74) is 2.13. The molecule has 0 aliphatic carbocycles. The van der Waals surface area contributed by atoms with E-state index >= 15 is 0 Å². The maximum absolute atomic E-state index is 13.1. The summed E-state index contributed by atoms with van der Waals surface area (Å²) in [7, 11) is 0. The van der Waals surface area contributed by atoms with Crippen LogP contribution in [0, 0.1) is 5.82 Å². The van der Waals surface area contributed by atoms with Gasteiger partial charge in [-0.1, -0.05) is 12.1 Å². The Morgan fingerprint density at radius 2 is 2.04 bits per heavy atom. The second kappa shape index (κ2) is 7.04. The first-order valence-electron chi connectivity index (χ1n) is 9.50. The molecular formula is C22H20FNO4. The van der Waals surface area contributed by atoms with Crippen molar-refractivity contribution in [2.24, 2.45) is 0 Å². The average Bonchev–Trinajstić information content (AvgIpc) is 3.32. The van der Waals surface area contributed by atoms with Crippen molar-refractivity contribution < 1.29 is 23.4 Å². The quantitative estimate of drug-likeness (QED) is 0.758. The molecule has 1 fully saturated rings. The number of ether oxygens (including phenoxy) is 3. The van der Waals surface area contributed by atoms with E-state index in [1.54, 1.807) is 24.3 Å². The Bertz CT molecular complexity index is 948. The summed E-state index contributed by atoms with van der Waals surface area (Å²) < 4.78 is 30.7. The highest BCUT2D eigenvalue weighted by molar-refractivity contribution is 6.15. The lowest BCUT2D eigenvalue weighted by molar-refractivity contribution is 0.0274. The van der Waals surface area contributed by atoms with Crippen LogP contribution in [0.25, 0.3) is 6.08 Å². The summed E-state index contributed by atoms with van der Waals surface area (Å²) in [6.07, 6.45) is 4.04. The van der Waals surface area contributed by atoms with Gasteiger partial charge in [-0.3, -0.25) is 9.69 Å². The molecule has 2 aromatic rings. The van der Waals surface area contributed by atoms with Gasteiger partial charge in [-0.2, -0.15) is 0 Å². The van der Waals surface area contributed by atoms with E-state index < -0.39 is 0 Å². The van der Waals surface area contributed by atoms with E-state index in [1.807, 2.05) is 6.07 Å². The first-order valence-corrected chi connectivity index (χ1v) is 9.50. The third-order valence-electron chi connectivity index (χ3n) is 5.34. The van der Waals surface area contributed by atoms with Crippen LogP contribution in [-0.2, 0) is 11.3 Å². The lowest BCUT2D eigenvalue weighted by atomic mass is 10.0. The third kappa shape index (κ3) is 3.19. The van der Waals surface area contributed by atoms with Crippen LogP contribution in [0.1, 0.15) is 34.3 Å². The van der Waals surface area contributed by atoms with Gasteiger partial charge in [-0.05, 0) is 48.7 Å². The number of carbonyl (C=O) groups excluding carboxylic acids is 1. The highest BCUT2D eigenvalue weighted by atomic mass is 19.1. The zero-order valence-electron chi connectivity index (χ0n) is 15.3. The Kier molecular flexibility index (Phi) is 4.37. The monoisotopic (exact) mass is 381 g/mol. The fourth-order valence-corrected chi connectivity index (χ4v) is 3.91. The van der Waals surface area contributed by atoms with Crippen LogP contribution in [0.5, 0.6) is 11.5 Å². The lowest BCUT2D eigenvalue weighted by Crippen LogP contribution is -2.37. The molecule has 1 saturated heterocycles. The molecule has 6 heteroatoms. The summed E-state index contributed by atoms with van der Waals surface area (Å²) >= 11 is 0. The van der Waals surface area contributed by atoms with Gasteiger partial charge in [0.1, 0.15) is 24.0 Å². The van der Waals surface area contributed by atoms with Crippen LogP contribution in [0.3, 0.4) is 0 Å². The van der Waals surface area contributed by atoms with Crippen LogP contribution in [0.15, 0.2) is 42.2 Å². The van der Waals surface area contributed by atoms with Gasteiger partial charge in [-0.15, -0.1) is 0 Å². The number of fused-ring (bicyclic) bond motifs is 3. The van der Waals surface area contributed by atoms with Gasteiger partial charge in [0.15, 0.2) is 5.76 Å². The van der Waals surface area contributed by atoms with Crippen molar-refractivity contribution in [2.45, 2.75) is 25.5 Å². The van der Waals surface area contributed by atoms with E-state index in [0.717, 1.165) is 37.3 Å². The molecule has 5 rings (SSSR count). The fourth-order valence-electron chi connectivity index (χ4n) is 3.91. The molecule has 0 bridgehead atoms. The van der Waals surface area contributed by atoms with Crippen LogP contribution >= 0.6 is 0 Å². The standard InChI is InChI=1S/C22H20FNO4/c23-15-5-3-14(4-6-15)10-20-21(25)17-7-8-19-18(22(17)28-20)12-24(13-27-19)11-16-2-1-9-26-16/h3-8,10,16H,1-2,9,11-13H2/b20-10-. The van der Waals surface area contributed by atoms with E-state index in [4.69, 9.17) is 14.2 Å². The van der Waals surface area contributed by atoms with Gasteiger partial charge >= 0.3 is 0 Å². The van der Waals surface area contributed by atoms with Crippen molar-refractivity contribution in [3.8, 4) is 11.5 Å². The molecule has 0 amide bonds. The highest BCUT2D eigenvalue weighted by Gasteiger charge is 2.34. The number of hydrogen-bond acceptors (Lipinski definition) is 5. The molecule has 144 valence electrons. The maximum Gasteiger partial charge on any atom is 0.231 e. The van der Waals surface area contributed by atoms with Crippen molar-refractivity contribution in [1.82, 2.24) is 4.90 Å². The summed E-state index contributed by atoms with van der Waals surface area (Å²) in [6.45, 7) is 2.77. The lowest BCUT2D eigenvalue weighted by Gasteiger charge is -2.31. The van der Waals surface area contributed by atoms with Gasteiger partial charge < -0.3 is 14.2 Å². The highest BCUT2D eigenvalue weighted by Crippen LogP contribution is 2.42. The number of nitrogens with zero attached hydrogens (tertiary/aromatic N) is 1. The zero-order valence-corrected chi connectivity index (χ0v) is 15.3. The molecule has 3 heterocycles. The fraction of sp³-hybridized carbons (Fsp3) is 0.318. The number of rotatable bonds is 3. The van der Waals surface area contributed by atoms with Crippen LogP contribution < -0.4 is 9.47 Å². The van der Waals surface area contributed by atoms with Crippen molar-refractivity contribution >= 4 is 11.9 Å². The van der Waals surface area contributed by atoms with Gasteiger partial charge in [0.2, 0.25) is 5.78 Å². The van der Waals surface area contributed by atoms with Crippen molar-refractivity contribution in [3.63, 3.8) is 0 Å². The predicted octanol–water partition coefficient (Wildman–Crippen LogP) is 3.77. The van der Waals surface area contributed by atoms with E-state index in [-0.39, 0.29) is 23.5 Å². The van der Waals surface area contributed by atoms with E-state index in [2.05, 4.69) is 4.90 Å². The predicted molar refractivity (Wildman–Crippen MR) is 101 cm³/mol. The van der Waals surface area contributed by atoms with Gasteiger partial charge in [0, 0.05) is 19.7 Å². The number of ketones is 1. The Balaban J connectivity index is 1.41. The molecule has 0 saturated carbocycles. The molecule has 0 spiro atoms. The summed E-state index contributed by atoms with van der Waals surface area (Å²) in [6, 6.07) is 9.53. The van der Waals surface area contributed by atoms with Gasteiger partial charge in [0.25, 0.3) is 0 Å². The largest absolute Gasteiger partial charge is 0.478 e. The van der Waals surface area contributed by atoms with Crippen LogP contribution in [0.4, 0.5) is 4.39 Å². The number of carbonyl (C=O) groups is 1. The van der Waals surface area contributed by atoms with Crippen LogP contribution in [-0.4, -0.2) is 36.7 Å². The molecule has 2 aromatic carbocycles.